The molecule has 1 rings (SSSR count). The minimum atomic E-state index is -3.90. The maximum absolute atomic E-state index is 11.9. The van der Waals surface area contributed by atoms with Crippen LogP contribution in [0.1, 0.15) is 6.92 Å². The lowest BCUT2D eigenvalue weighted by molar-refractivity contribution is -0.386. The van der Waals surface area contributed by atoms with E-state index in [1.807, 2.05) is 0 Å². The normalized spacial score (nSPS) is 11.3. The fourth-order valence-electron chi connectivity index (χ4n) is 1.39. The molecule has 0 saturated heterocycles. The van der Waals surface area contributed by atoms with Crippen molar-refractivity contribution in [2.45, 2.75) is 11.8 Å². The zero-order valence-electron chi connectivity index (χ0n) is 11.4. The Bertz CT molecular complexity index is 641. The predicted molar refractivity (Wildman–Crippen MR) is 75.6 cm³/mol. The van der Waals surface area contributed by atoms with Gasteiger partial charge in [0, 0.05) is 12.6 Å². The van der Waals surface area contributed by atoms with Gasteiger partial charge < -0.3 is 9.84 Å². The van der Waals surface area contributed by atoms with Crippen molar-refractivity contribution in [1.82, 2.24) is 4.72 Å². The van der Waals surface area contributed by atoms with Gasteiger partial charge in [-0.1, -0.05) is 12.2 Å². The van der Waals surface area contributed by atoms with Crippen LogP contribution in [-0.4, -0.2) is 38.2 Å². The van der Waals surface area contributed by atoms with Crippen molar-refractivity contribution >= 4 is 15.7 Å². The number of hydrogen-bond acceptors (Lipinski definition) is 6. The van der Waals surface area contributed by atoms with Crippen LogP contribution in [0.15, 0.2) is 35.2 Å². The van der Waals surface area contributed by atoms with Gasteiger partial charge in [0.1, 0.15) is 0 Å². The van der Waals surface area contributed by atoms with Gasteiger partial charge in [0.25, 0.3) is 0 Å². The standard InChI is InChI=1S/C12H16N2O6S/c1-9(2)8-20-6-5-13-21(18,19)10-3-4-12(15)11(7-10)14(16)17/h3-4,7,13,15H,1,5-6,8H2,2H3. The molecule has 0 fully saturated rings. The zero-order chi connectivity index (χ0) is 16.0. The first kappa shape index (κ1) is 17.1. The number of phenols is 1. The van der Waals surface area contributed by atoms with Gasteiger partial charge in [0.15, 0.2) is 5.75 Å². The molecule has 9 heteroatoms. The first-order valence-corrected chi connectivity index (χ1v) is 7.41. The third kappa shape index (κ3) is 5.14. The molecule has 21 heavy (non-hydrogen) atoms. The molecular formula is C12H16N2O6S. The lowest BCUT2D eigenvalue weighted by Gasteiger charge is -2.08. The molecule has 116 valence electrons. The van der Waals surface area contributed by atoms with Gasteiger partial charge >= 0.3 is 5.69 Å². The molecule has 0 heterocycles. The lowest BCUT2D eigenvalue weighted by atomic mass is 10.3. The SMILES string of the molecule is C=C(C)COCCNS(=O)(=O)c1ccc(O)c([N+](=O)[O-])c1. The minimum Gasteiger partial charge on any atom is -0.502 e. The summed E-state index contributed by atoms with van der Waals surface area (Å²) < 4.78 is 31.2. The fourth-order valence-corrected chi connectivity index (χ4v) is 2.43. The number of ether oxygens (including phenoxy) is 1. The molecular weight excluding hydrogens is 300 g/mol. The molecule has 0 aliphatic rings. The molecule has 0 amide bonds. The van der Waals surface area contributed by atoms with Gasteiger partial charge in [0.05, 0.1) is 23.0 Å². The van der Waals surface area contributed by atoms with Gasteiger partial charge in [-0.2, -0.15) is 0 Å². The number of aromatic hydroxyl groups is 1. The minimum absolute atomic E-state index is 0.0181. The summed E-state index contributed by atoms with van der Waals surface area (Å²) in [5.41, 5.74) is 0.142. The molecule has 0 aliphatic heterocycles. The third-order valence-electron chi connectivity index (χ3n) is 2.34. The van der Waals surface area contributed by atoms with E-state index >= 15 is 0 Å². The zero-order valence-corrected chi connectivity index (χ0v) is 12.2. The molecule has 0 bridgehead atoms. The van der Waals surface area contributed by atoms with Gasteiger partial charge in [0.2, 0.25) is 10.0 Å². The summed E-state index contributed by atoms with van der Waals surface area (Å²) in [5, 5.41) is 20.0. The maximum Gasteiger partial charge on any atom is 0.312 e. The second kappa shape index (κ2) is 7.16. The molecule has 2 N–H and O–H groups in total. The highest BCUT2D eigenvalue weighted by atomic mass is 32.2. The summed E-state index contributed by atoms with van der Waals surface area (Å²) >= 11 is 0. The topological polar surface area (TPSA) is 119 Å². The Morgan fingerprint density at radius 1 is 1.52 bits per heavy atom. The van der Waals surface area contributed by atoms with Crippen molar-refractivity contribution < 1.29 is 23.2 Å². The second-order valence-electron chi connectivity index (χ2n) is 4.32. The third-order valence-corrected chi connectivity index (χ3v) is 3.80. The Morgan fingerprint density at radius 3 is 2.76 bits per heavy atom. The van der Waals surface area contributed by atoms with E-state index in [4.69, 9.17) is 4.74 Å². The largest absolute Gasteiger partial charge is 0.502 e. The number of nitro benzene ring substituents is 1. The molecule has 1 aromatic rings. The smallest absolute Gasteiger partial charge is 0.312 e. The van der Waals surface area contributed by atoms with Crippen molar-refractivity contribution in [3.8, 4) is 5.75 Å². The highest BCUT2D eigenvalue weighted by Crippen LogP contribution is 2.27. The quantitative estimate of drug-likeness (QED) is 0.321. The van der Waals surface area contributed by atoms with E-state index in [9.17, 15) is 23.6 Å². The van der Waals surface area contributed by atoms with E-state index in [1.54, 1.807) is 6.92 Å². The molecule has 0 unspecified atom stereocenters. The van der Waals surface area contributed by atoms with Crippen LogP contribution in [0.4, 0.5) is 5.69 Å². The molecule has 0 aliphatic carbocycles. The van der Waals surface area contributed by atoms with Crippen LogP contribution in [0.3, 0.4) is 0 Å². The van der Waals surface area contributed by atoms with Crippen molar-refractivity contribution in [3.63, 3.8) is 0 Å². The first-order chi connectivity index (χ1) is 9.74. The van der Waals surface area contributed by atoms with Crippen molar-refractivity contribution in [3.05, 3.63) is 40.5 Å². The van der Waals surface area contributed by atoms with Gasteiger partial charge in [-0.05, 0) is 19.1 Å². The van der Waals surface area contributed by atoms with Crippen LogP contribution >= 0.6 is 0 Å². The number of sulfonamides is 1. The Kier molecular flexibility index (Phi) is 5.82. The molecule has 0 radical (unpaired) electrons. The summed E-state index contributed by atoms with van der Waals surface area (Å²) in [6.45, 7) is 5.90. The van der Waals surface area contributed by atoms with Gasteiger partial charge in [-0.25, -0.2) is 13.1 Å². The van der Waals surface area contributed by atoms with Crippen LogP contribution in [0.25, 0.3) is 0 Å². The van der Waals surface area contributed by atoms with Crippen molar-refractivity contribution in [2.75, 3.05) is 19.8 Å². The molecule has 0 atom stereocenters. The summed E-state index contributed by atoms with van der Waals surface area (Å²) in [5.74, 6) is -0.594. The van der Waals surface area contributed by atoms with E-state index in [-0.39, 0.29) is 18.0 Å². The summed E-state index contributed by atoms with van der Waals surface area (Å²) in [6, 6.07) is 2.84. The van der Waals surface area contributed by atoms with E-state index in [0.717, 1.165) is 23.8 Å². The Balaban J connectivity index is 2.72. The molecule has 1 aromatic carbocycles. The summed E-state index contributed by atoms with van der Waals surface area (Å²) in [6.07, 6.45) is 0. The lowest BCUT2D eigenvalue weighted by Crippen LogP contribution is -2.27. The summed E-state index contributed by atoms with van der Waals surface area (Å²) in [7, 11) is -3.90. The highest BCUT2D eigenvalue weighted by molar-refractivity contribution is 7.89. The molecule has 0 aromatic heterocycles. The number of benzene rings is 1. The summed E-state index contributed by atoms with van der Waals surface area (Å²) in [4.78, 5) is 9.51. The average Bonchev–Trinajstić information content (AvgIpc) is 2.37. The number of rotatable bonds is 8. The van der Waals surface area contributed by atoms with Gasteiger partial charge in [-0.15, -0.1) is 0 Å². The Labute approximate surface area is 122 Å². The molecule has 0 spiro atoms. The van der Waals surface area contributed by atoms with Crippen LogP contribution in [0.2, 0.25) is 0 Å². The fraction of sp³-hybridized carbons (Fsp3) is 0.333. The van der Waals surface area contributed by atoms with Crippen LogP contribution in [-0.2, 0) is 14.8 Å². The van der Waals surface area contributed by atoms with Crippen molar-refractivity contribution in [2.24, 2.45) is 0 Å². The van der Waals surface area contributed by atoms with E-state index in [0.29, 0.717) is 6.61 Å². The van der Waals surface area contributed by atoms with E-state index in [2.05, 4.69) is 11.3 Å². The Hall–Kier alpha value is -1.97. The number of phenolic OH excluding ortho intramolecular Hbond substituents is 1. The predicted octanol–water partition coefficient (Wildman–Crippen LogP) is 1.17. The number of nitro groups is 1. The van der Waals surface area contributed by atoms with Crippen LogP contribution < -0.4 is 4.72 Å². The highest BCUT2D eigenvalue weighted by Gasteiger charge is 2.20. The monoisotopic (exact) mass is 316 g/mol. The van der Waals surface area contributed by atoms with Gasteiger partial charge in [-0.3, -0.25) is 10.1 Å². The van der Waals surface area contributed by atoms with Crippen molar-refractivity contribution in [1.29, 1.82) is 0 Å². The first-order valence-electron chi connectivity index (χ1n) is 5.93. The maximum atomic E-state index is 11.9. The van der Waals surface area contributed by atoms with Crippen LogP contribution in [0.5, 0.6) is 5.75 Å². The number of nitrogens with one attached hydrogen (secondary N) is 1. The molecule has 0 saturated carbocycles. The number of hydrogen-bond donors (Lipinski definition) is 2. The van der Waals surface area contributed by atoms with E-state index < -0.39 is 26.4 Å². The Morgan fingerprint density at radius 2 is 2.19 bits per heavy atom. The second-order valence-corrected chi connectivity index (χ2v) is 6.08. The van der Waals surface area contributed by atoms with Crippen LogP contribution in [0, 0.1) is 10.1 Å². The van der Waals surface area contributed by atoms with E-state index in [1.165, 1.54) is 0 Å². The average molecular weight is 316 g/mol. The molecule has 8 nitrogen and oxygen atoms in total. The number of nitrogens with zero attached hydrogens (tertiary/aromatic N) is 1.